The second-order valence-corrected chi connectivity index (χ2v) is 7.78. The number of carbonyl (C=O) groups is 1. The zero-order valence-corrected chi connectivity index (χ0v) is 15.6. The number of aromatic nitrogens is 3. The number of benzene rings is 1. The summed E-state index contributed by atoms with van der Waals surface area (Å²) in [6, 6.07) is 7.80. The molecule has 0 fully saturated rings. The fourth-order valence-electron chi connectivity index (χ4n) is 3.42. The molecule has 1 aliphatic carbocycles. The van der Waals surface area contributed by atoms with Crippen LogP contribution in [-0.2, 0) is 6.54 Å². The zero-order valence-electron chi connectivity index (χ0n) is 14.7. The minimum Gasteiger partial charge on any atom is -0.476 e. The maximum Gasteiger partial charge on any atom is 0.356 e. The highest BCUT2D eigenvalue weighted by Crippen LogP contribution is 2.33. The van der Waals surface area contributed by atoms with Crippen molar-refractivity contribution >= 4 is 33.1 Å². The van der Waals surface area contributed by atoms with Gasteiger partial charge < -0.3 is 5.11 Å². The Morgan fingerprint density at radius 1 is 1.31 bits per heavy atom. The molecule has 134 valence electrons. The molecule has 0 radical (unpaired) electrons. The molecule has 6 heteroatoms. The first-order valence-electron chi connectivity index (χ1n) is 8.97. The third-order valence-corrected chi connectivity index (χ3v) is 5.93. The second kappa shape index (κ2) is 7.03. The number of aromatic carboxylic acids is 1. The summed E-state index contributed by atoms with van der Waals surface area (Å²) in [5.74, 6) is -0.999. The predicted molar refractivity (Wildman–Crippen MR) is 104 cm³/mol. The molecule has 0 saturated carbocycles. The van der Waals surface area contributed by atoms with Crippen LogP contribution in [0.25, 0.3) is 15.8 Å². The Morgan fingerprint density at radius 2 is 2.19 bits per heavy atom. The molecule has 0 bridgehead atoms. The van der Waals surface area contributed by atoms with Crippen LogP contribution in [0.2, 0.25) is 0 Å². The molecular formula is C20H21N3O2S. The van der Waals surface area contributed by atoms with Gasteiger partial charge in [0.25, 0.3) is 0 Å². The fraction of sp³-hybridized carbons (Fsp3) is 0.350. The van der Waals surface area contributed by atoms with Crippen LogP contribution in [-0.4, -0.2) is 25.8 Å². The normalized spacial score (nSPS) is 15.0. The van der Waals surface area contributed by atoms with Gasteiger partial charge in [-0.25, -0.2) is 9.78 Å². The molecule has 1 N–H and O–H groups in total. The molecule has 2 heterocycles. The Bertz CT molecular complexity index is 1000. The van der Waals surface area contributed by atoms with Crippen LogP contribution in [0.15, 0.2) is 30.3 Å². The zero-order chi connectivity index (χ0) is 18.1. The van der Waals surface area contributed by atoms with Crippen molar-refractivity contribution in [2.45, 2.75) is 45.6 Å². The van der Waals surface area contributed by atoms with Crippen molar-refractivity contribution in [3.63, 3.8) is 0 Å². The lowest BCUT2D eigenvalue weighted by Gasteiger charge is -2.05. The van der Waals surface area contributed by atoms with Crippen molar-refractivity contribution < 1.29 is 9.90 Å². The van der Waals surface area contributed by atoms with Crippen LogP contribution in [0.4, 0.5) is 0 Å². The standard InChI is InChI=1S/C20H21N3O2S/c1-13-11-16(20(24)25)22-23(13)12-15-9-6-10-17-18(15)21-19(26-17)14-7-4-2-3-5-8-14/h6-7,9-11H,2-5,8,12H2,1H3,(H,24,25). The molecule has 5 nitrogen and oxygen atoms in total. The Hall–Kier alpha value is -2.47. The van der Waals surface area contributed by atoms with Crippen molar-refractivity contribution in [1.82, 2.24) is 14.8 Å². The molecule has 0 atom stereocenters. The molecule has 0 unspecified atom stereocenters. The lowest BCUT2D eigenvalue weighted by Crippen LogP contribution is -2.06. The first-order chi connectivity index (χ1) is 12.6. The Labute approximate surface area is 156 Å². The van der Waals surface area contributed by atoms with Crippen molar-refractivity contribution in [1.29, 1.82) is 0 Å². The van der Waals surface area contributed by atoms with E-state index in [1.165, 1.54) is 29.5 Å². The number of rotatable bonds is 4. The molecule has 0 aliphatic heterocycles. The van der Waals surface area contributed by atoms with Crippen LogP contribution < -0.4 is 0 Å². The molecule has 1 aliphatic rings. The van der Waals surface area contributed by atoms with Crippen LogP contribution in [0.5, 0.6) is 0 Å². The Morgan fingerprint density at radius 3 is 3.00 bits per heavy atom. The molecule has 1 aromatic carbocycles. The molecule has 0 saturated heterocycles. The summed E-state index contributed by atoms with van der Waals surface area (Å²) < 4.78 is 2.91. The van der Waals surface area contributed by atoms with Crippen molar-refractivity contribution in [2.24, 2.45) is 0 Å². The van der Waals surface area contributed by atoms with Gasteiger partial charge in [-0.15, -0.1) is 11.3 Å². The van der Waals surface area contributed by atoms with Gasteiger partial charge in [-0.3, -0.25) is 4.68 Å². The number of thiazole rings is 1. The van der Waals surface area contributed by atoms with Crippen molar-refractivity contribution in [3.8, 4) is 0 Å². The summed E-state index contributed by atoms with van der Waals surface area (Å²) in [7, 11) is 0. The summed E-state index contributed by atoms with van der Waals surface area (Å²) >= 11 is 1.75. The average molecular weight is 367 g/mol. The van der Waals surface area contributed by atoms with E-state index >= 15 is 0 Å². The first kappa shape index (κ1) is 17.0. The molecule has 0 amide bonds. The lowest BCUT2D eigenvalue weighted by molar-refractivity contribution is 0.0689. The van der Waals surface area contributed by atoms with E-state index in [0.717, 1.165) is 34.6 Å². The lowest BCUT2D eigenvalue weighted by atomic mass is 10.1. The van der Waals surface area contributed by atoms with Gasteiger partial charge in [-0.05, 0) is 50.3 Å². The van der Waals surface area contributed by atoms with E-state index in [1.54, 1.807) is 22.1 Å². The van der Waals surface area contributed by atoms with Crippen molar-refractivity contribution in [3.05, 3.63) is 52.3 Å². The van der Waals surface area contributed by atoms with Gasteiger partial charge in [0.15, 0.2) is 5.69 Å². The highest BCUT2D eigenvalue weighted by molar-refractivity contribution is 7.19. The number of fused-ring (bicyclic) bond motifs is 1. The Kier molecular flexibility index (Phi) is 4.59. The number of aryl methyl sites for hydroxylation is 1. The van der Waals surface area contributed by atoms with Crippen LogP contribution >= 0.6 is 11.3 Å². The minimum atomic E-state index is -0.999. The number of hydrogen-bond donors (Lipinski definition) is 1. The van der Waals surface area contributed by atoms with E-state index in [2.05, 4.69) is 23.3 Å². The summed E-state index contributed by atoms with van der Waals surface area (Å²) in [6.07, 6.45) is 8.39. The summed E-state index contributed by atoms with van der Waals surface area (Å²) in [4.78, 5) is 16.1. The van der Waals surface area contributed by atoms with E-state index in [9.17, 15) is 4.79 Å². The highest BCUT2D eigenvalue weighted by Gasteiger charge is 2.15. The summed E-state index contributed by atoms with van der Waals surface area (Å²) in [5.41, 5.74) is 4.36. The van der Waals surface area contributed by atoms with Crippen molar-refractivity contribution in [2.75, 3.05) is 0 Å². The minimum absolute atomic E-state index is 0.0808. The van der Waals surface area contributed by atoms with E-state index in [4.69, 9.17) is 10.1 Å². The molecule has 0 spiro atoms. The van der Waals surface area contributed by atoms with Gasteiger partial charge in [-0.1, -0.05) is 24.6 Å². The number of nitrogens with zero attached hydrogens (tertiary/aromatic N) is 3. The summed E-state index contributed by atoms with van der Waals surface area (Å²) in [6.45, 7) is 2.40. The van der Waals surface area contributed by atoms with E-state index in [-0.39, 0.29) is 5.69 Å². The topological polar surface area (TPSA) is 68.0 Å². The maximum absolute atomic E-state index is 11.1. The highest BCUT2D eigenvalue weighted by atomic mass is 32.1. The Balaban J connectivity index is 1.70. The predicted octanol–water partition coefficient (Wildman–Crippen LogP) is 4.90. The number of hydrogen-bond acceptors (Lipinski definition) is 4. The van der Waals surface area contributed by atoms with E-state index in [1.807, 2.05) is 13.0 Å². The van der Waals surface area contributed by atoms with Gasteiger partial charge in [0.2, 0.25) is 0 Å². The molecule has 2 aromatic heterocycles. The average Bonchev–Trinajstić information content (AvgIpc) is 3.10. The van der Waals surface area contributed by atoms with Gasteiger partial charge in [0, 0.05) is 11.3 Å². The fourth-order valence-corrected chi connectivity index (χ4v) is 4.50. The third kappa shape index (κ3) is 3.29. The van der Waals surface area contributed by atoms with Crippen LogP contribution in [0.3, 0.4) is 0 Å². The molecule has 3 aromatic rings. The van der Waals surface area contributed by atoms with Crippen LogP contribution in [0, 0.1) is 6.92 Å². The molecular weight excluding hydrogens is 346 g/mol. The monoisotopic (exact) mass is 367 g/mol. The quantitative estimate of drug-likeness (QED) is 0.712. The number of carboxylic acids is 1. The number of allylic oxidation sites excluding steroid dienone is 2. The van der Waals surface area contributed by atoms with Gasteiger partial charge in [0.05, 0.1) is 16.8 Å². The maximum atomic E-state index is 11.1. The van der Waals surface area contributed by atoms with Crippen LogP contribution in [0.1, 0.15) is 58.9 Å². The summed E-state index contributed by atoms with van der Waals surface area (Å²) in [5, 5.41) is 14.5. The van der Waals surface area contributed by atoms with Gasteiger partial charge in [0.1, 0.15) is 5.01 Å². The third-order valence-electron chi connectivity index (χ3n) is 4.84. The van der Waals surface area contributed by atoms with E-state index in [0.29, 0.717) is 6.54 Å². The molecule has 26 heavy (non-hydrogen) atoms. The van der Waals surface area contributed by atoms with Gasteiger partial charge >= 0.3 is 5.97 Å². The number of para-hydroxylation sites is 1. The van der Waals surface area contributed by atoms with E-state index < -0.39 is 5.97 Å². The SMILES string of the molecule is Cc1cc(C(=O)O)nn1Cc1cccc2sc(C3=CCCCCC3)nc12. The smallest absolute Gasteiger partial charge is 0.356 e. The first-order valence-corrected chi connectivity index (χ1v) is 9.79. The van der Waals surface area contributed by atoms with Gasteiger partial charge in [-0.2, -0.15) is 5.10 Å². The molecule has 4 rings (SSSR count). The number of carboxylic acid groups (broad SMARTS) is 1. The second-order valence-electron chi connectivity index (χ2n) is 6.75. The largest absolute Gasteiger partial charge is 0.476 e.